The molecule has 1 saturated carbocycles. The van der Waals surface area contributed by atoms with E-state index in [1.807, 2.05) is 0 Å². The zero-order chi connectivity index (χ0) is 12.0. The minimum Gasteiger partial charge on any atom is -0.477 e. The number of aromatic nitrogens is 2. The van der Waals surface area contributed by atoms with Crippen LogP contribution in [-0.2, 0) is 0 Å². The van der Waals surface area contributed by atoms with Crippen LogP contribution in [0.25, 0.3) is 10.2 Å². The zero-order valence-corrected chi connectivity index (χ0v) is 9.71. The number of carbonyl (C=O) groups is 1. The number of H-pyrrole nitrogens is 1. The van der Waals surface area contributed by atoms with Gasteiger partial charge in [-0.25, -0.2) is 9.78 Å². The molecule has 2 heterocycles. The number of nitrogens with one attached hydrogen (secondary N) is 1. The maximum atomic E-state index is 11.8. The third-order valence-corrected chi connectivity index (χ3v) is 4.14. The molecule has 0 aromatic carbocycles. The van der Waals surface area contributed by atoms with Crippen LogP contribution in [0.4, 0.5) is 0 Å². The fourth-order valence-corrected chi connectivity index (χ4v) is 2.81. The Hall–Kier alpha value is -1.69. The van der Waals surface area contributed by atoms with Gasteiger partial charge in [0.2, 0.25) is 0 Å². The summed E-state index contributed by atoms with van der Waals surface area (Å²) in [5, 5.41) is 9.25. The number of aromatic carboxylic acids is 1. The molecule has 2 aromatic rings. The third-order valence-electron chi connectivity index (χ3n) is 3.12. The lowest BCUT2D eigenvalue weighted by Gasteiger charge is -2.23. The van der Waals surface area contributed by atoms with Gasteiger partial charge in [-0.2, -0.15) is 0 Å². The Morgan fingerprint density at radius 1 is 1.53 bits per heavy atom. The summed E-state index contributed by atoms with van der Waals surface area (Å²) in [5.41, 5.74) is -0.236. The Morgan fingerprint density at radius 2 is 2.29 bits per heavy atom. The van der Waals surface area contributed by atoms with E-state index in [1.54, 1.807) is 0 Å². The summed E-state index contributed by atoms with van der Waals surface area (Å²) in [6, 6.07) is 1.39. The lowest BCUT2D eigenvalue weighted by molar-refractivity contribution is 0.0702. The van der Waals surface area contributed by atoms with Gasteiger partial charge in [-0.1, -0.05) is 6.42 Å². The van der Waals surface area contributed by atoms with Gasteiger partial charge in [0.15, 0.2) is 0 Å². The fourth-order valence-electron chi connectivity index (χ4n) is 1.93. The highest BCUT2D eigenvalue weighted by Crippen LogP contribution is 2.34. The first kappa shape index (κ1) is 10.5. The van der Waals surface area contributed by atoms with E-state index in [0.717, 1.165) is 30.6 Å². The molecule has 0 radical (unpaired) electrons. The van der Waals surface area contributed by atoms with Gasteiger partial charge in [-0.15, -0.1) is 11.3 Å². The van der Waals surface area contributed by atoms with Gasteiger partial charge in [0.25, 0.3) is 5.56 Å². The van der Waals surface area contributed by atoms with Crippen molar-refractivity contribution in [2.24, 2.45) is 0 Å². The molecule has 5 nitrogen and oxygen atoms in total. The second-order valence-electron chi connectivity index (χ2n) is 4.21. The Kier molecular flexibility index (Phi) is 2.25. The van der Waals surface area contributed by atoms with E-state index in [4.69, 9.17) is 5.11 Å². The standard InChI is InChI=1S/C11H10N2O3S/c14-9-6-4-7(11(15)16)17-10(6)13-8(12-9)5-2-1-3-5/h4-5H,1-3H2,(H,15,16)(H,12,13,14). The second-order valence-corrected chi connectivity index (χ2v) is 5.24. The first-order valence-electron chi connectivity index (χ1n) is 5.42. The molecule has 0 amide bonds. The maximum Gasteiger partial charge on any atom is 0.345 e. The molecular formula is C11H10N2O3S. The Balaban J connectivity index is 2.17. The van der Waals surface area contributed by atoms with Crippen molar-refractivity contribution < 1.29 is 9.90 Å². The van der Waals surface area contributed by atoms with E-state index < -0.39 is 5.97 Å². The van der Waals surface area contributed by atoms with Crippen LogP contribution in [0.1, 0.15) is 40.7 Å². The summed E-state index contributed by atoms with van der Waals surface area (Å²) >= 11 is 1.06. The maximum absolute atomic E-state index is 11.8. The van der Waals surface area contributed by atoms with E-state index in [0.29, 0.717) is 22.0 Å². The minimum absolute atomic E-state index is 0.156. The summed E-state index contributed by atoms with van der Waals surface area (Å²) in [7, 11) is 0. The van der Waals surface area contributed by atoms with E-state index in [1.165, 1.54) is 6.07 Å². The molecule has 17 heavy (non-hydrogen) atoms. The van der Waals surface area contributed by atoms with Gasteiger partial charge >= 0.3 is 5.97 Å². The molecule has 88 valence electrons. The normalized spacial score (nSPS) is 16.0. The highest BCUT2D eigenvalue weighted by molar-refractivity contribution is 7.20. The molecule has 0 aliphatic heterocycles. The molecule has 2 aromatic heterocycles. The van der Waals surface area contributed by atoms with Crippen molar-refractivity contribution in [1.29, 1.82) is 0 Å². The first-order chi connectivity index (χ1) is 8.15. The van der Waals surface area contributed by atoms with Crippen molar-refractivity contribution in [3.05, 3.63) is 27.1 Å². The highest BCUT2D eigenvalue weighted by Gasteiger charge is 2.23. The third kappa shape index (κ3) is 1.64. The van der Waals surface area contributed by atoms with Gasteiger partial charge in [0, 0.05) is 5.92 Å². The van der Waals surface area contributed by atoms with Crippen molar-refractivity contribution in [2.75, 3.05) is 0 Å². The van der Waals surface area contributed by atoms with Gasteiger partial charge in [0.05, 0.1) is 5.39 Å². The number of nitrogens with zero attached hydrogens (tertiary/aromatic N) is 1. The molecule has 0 bridgehead atoms. The predicted molar refractivity (Wildman–Crippen MR) is 63.8 cm³/mol. The van der Waals surface area contributed by atoms with Crippen LogP contribution in [-0.4, -0.2) is 21.0 Å². The fraction of sp³-hybridized carbons (Fsp3) is 0.364. The molecule has 0 unspecified atom stereocenters. The predicted octanol–water partition coefficient (Wildman–Crippen LogP) is 1.95. The van der Waals surface area contributed by atoms with E-state index in [-0.39, 0.29) is 10.4 Å². The number of carboxylic acid groups (broad SMARTS) is 1. The summed E-state index contributed by atoms with van der Waals surface area (Å²) in [6.07, 6.45) is 3.26. The summed E-state index contributed by atoms with van der Waals surface area (Å²) in [6.45, 7) is 0. The van der Waals surface area contributed by atoms with Gasteiger partial charge in [0.1, 0.15) is 15.5 Å². The number of carboxylic acids is 1. The van der Waals surface area contributed by atoms with Crippen LogP contribution in [0.15, 0.2) is 10.9 Å². The average Bonchev–Trinajstić information content (AvgIpc) is 2.59. The number of rotatable bonds is 2. The molecular weight excluding hydrogens is 240 g/mol. The zero-order valence-electron chi connectivity index (χ0n) is 8.90. The SMILES string of the molecule is O=C(O)c1cc2c(=O)[nH]c(C3CCC3)nc2s1. The van der Waals surface area contributed by atoms with Gasteiger partial charge < -0.3 is 10.1 Å². The number of hydrogen-bond acceptors (Lipinski definition) is 4. The molecule has 1 aliphatic rings. The number of thiophene rings is 1. The van der Waals surface area contributed by atoms with E-state index in [2.05, 4.69) is 9.97 Å². The Morgan fingerprint density at radius 3 is 2.88 bits per heavy atom. The molecule has 0 saturated heterocycles. The Bertz CT molecular complexity index is 654. The van der Waals surface area contributed by atoms with Crippen molar-refractivity contribution in [2.45, 2.75) is 25.2 Å². The van der Waals surface area contributed by atoms with Crippen LogP contribution >= 0.6 is 11.3 Å². The molecule has 1 fully saturated rings. The lowest BCUT2D eigenvalue weighted by Crippen LogP contribution is -2.18. The van der Waals surface area contributed by atoms with Crippen molar-refractivity contribution in [3.63, 3.8) is 0 Å². The van der Waals surface area contributed by atoms with Crippen molar-refractivity contribution in [1.82, 2.24) is 9.97 Å². The largest absolute Gasteiger partial charge is 0.477 e. The van der Waals surface area contributed by atoms with Gasteiger partial charge in [-0.3, -0.25) is 4.79 Å². The van der Waals surface area contributed by atoms with Crippen LogP contribution in [0.5, 0.6) is 0 Å². The minimum atomic E-state index is -1.02. The van der Waals surface area contributed by atoms with Crippen LogP contribution in [0.3, 0.4) is 0 Å². The monoisotopic (exact) mass is 250 g/mol. The smallest absolute Gasteiger partial charge is 0.345 e. The van der Waals surface area contributed by atoms with Crippen LogP contribution < -0.4 is 5.56 Å². The van der Waals surface area contributed by atoms with Crippen LogP contribution in [0, 0.1) is 0 Å². The topological polar surface area (TPSA) is 83.0 Å². The number of hydrogen-bond donors (Lipinski definition) is 2. The molecule has 6 heteroatoms. The summed E-state index contributed by atoms with van der Waals surface area (Å²) in [4.78, 5) is 30.4. The van der Waals surface area contributed by atoms with Crippen molar-refractivity contribution >= 4 is 27.5 Å². The number of fused-ring (bicyclic) bond motifs is 1. The van der Waals surface area contributed by atoms with E-state index >= 15 is 0 Å². The molecule has 0 spiro atoms. The average molecular weight is 250 g/mol. The summed E-state index contributed by atoms with van der Waals surface area (Å²) in [5.74, 6) is 0.0209. The first-order valence-corrected chi connectivity index (χ1v) is 6.24. The number of aromatic amines is 1. The quantitative estimate of drug-likeness (QED) is 0.853. The molecule has 3 rings (SSSR count). The molecule has 2 N–H and O–H groups in total. The summed E-state index contributed by atoms with van der Waals surface area (Å²) < 4.78 is 0. The molecule has 0 atom stereocenters. The highest BCUT2D eigenvalue weighted by atomic mass is 32.1. The second kappa shape index (κ2) is 3.66. The van der Waals surface area contributed by atoms with Crippen molar-refractivity contribution in [3.8, 4) is 0 Å². The molecule has 1 aliphatic carbocycles. The van der Waals surface area contributed by atoms with Crippen LogP contribution in [0.2, 0.25) is 0 Å². The lowest BCUT2D eigenvalue weighted by atomic mass is 9.85. The van der Waals surface area contributed by atoms with Gasteiger partial charge in [-0.05, 0) is 18.9 Å². The Labute approximate surface area is 100 Å². The van der Waals surface area contributed by atoms with E-state index in [9.17, 15) is 9.59 Å².